The fourth-order valence-electron chi connectivity index (χ4n) is 4.21. The van der Waals surface area contributed by atoms with E-state index in [-0.39, 0.29) is 23.3 Å². The maximum absolute atomic E-state index is 12.8. The number of nitrogens with one attached hydrogen (secondary N) is 1. The van der Waals surface area contributed by atoms with Gasteiger partial charge in [0, 0.05) is 11.3 Å². The first-order chi connectivity index (χ1) is 19.9. The molecule has 42 heavy (non-hydrogen) atoms. The molecule has 232 valence electrons. The molecule has 0 bridgehead atoms. The molecule has 0 saturated heterocycles. The lowest BCUT2D eigenvalue weighted by Crippen LogP contribution is -2.21. The van der Waals surface area contributed by atoms with Crippen molar-refractivity contribution in [2.45, 2.75) is 98.8 Å². The third-order valence-corrected chi connectivity index (χ3v) is 7.85. The van der Waals surface area contributed by atoms with E-state index in [1.165, 1.54) is 17.2 Å². The van der Waals surface area contributed by atoms with Gasteiger partial charge in [-0.3, -0.25) is 0 Å². The van der Waals surface area contributed by atoms with Crippen molar-refractivity contribution in [2.24, 2.45) is 0 Å². The van der Waals surface area contributed by atoms with E-state index in [4.69, 9.17) is 18.9 Å². The lowest BCUT2D eigenvalue weighted by atomic mass is 9.76. The summed E-state index contributed by atoms with van der Waals surface area (Å²) >= 11 is 0. The highest BCUT2D eigenvalue weighted by atomic mass is 16.5. The number of anilines is 1. The van der Waals surface area contributed by atoms with Crippen LogP contribution in [-0.2, 0) is 29.8 Å². The molecule has 2 aromatic rings. The number of esters is 2. The zero-order chi connectivity index (χ0) is 31.3. The Bertz CT molecular complexity index is 1210. The van der Waals surface area contributed by atoms with E-state index in [9.17, 15) is 9.59 Å². The number of rotatable bonds is 17. The normalized spacial score (nSPS) is 12.1. The highest BCUT2D eigenvalue weighted by Crippen LogP contribution is 2.38. The minimum atomic E-state index is -0.506. The first kappa shape index (κ1) is 34.7. The molecule has 0 radical (unpaired) electrons. The minimum Gasteiger partial charge on any atom is -0.493 e. The monoisotopic (exact) mass is 581 g/mol. The quantitative estimate of drug-likeness (QED) is 0.0872. The Balaban J connectivity index is 1.96. The summed E-state index contributed by atoms with van der Waals surface area (Å²) in [6.45, 7) is 20.4. The Morgan fingerprint density at radius 3 is 2.12 bits per heavy atom. The van der Waals surface area contributed by atoms with Crippen molar-refractivity contribution in [2.75, 3.05) is 31.7 Å². The van der Waals surface area contributed by atoms with Crippen molar-refractivity contribution >= 4 is 17.6 Å². The summed E-state index contributed by atoms with van der Waals surface area (Å²) in [7, 11) is 0. The van der Waals surface area contributed by atoms with E-state index < -0.39 is 11.9 Å². The number of unbranched alkanes of at least 4 members (excludes halogenated alkanes) is 1. The Labute approximate surface area is 253 Å². The SMILES string of the molecule is CCOC(=O)/C=C(/Nc1cc(C(=O)OCCCCOc2ccc(C(C)(C)CC)cc2C(C)(C)CC)ccc1C)OCC. The summed E-state index contributed by atoms with van der Waals surface area (Å²) < 4.78 is 22.3. The van der Waals surface area contributed by atoms with Crippen molar-refractivity contribution in [3.8, 4) is 5.75 Å². The van der Waals surface area contributed by atoms with E-state index in [1.807, 2.05) is 19.9 Å². The van der Waals surface area contributed by atoms with Gasteiger partial charge in [0.05, 0.1) is 38.1 Å². The van der Waals surface area contributed by atoms with E-state index in [0.717, 1.165) is 30.6 Å². The average molecular weight is 582 g/mol. The molecule has 0 aliphatic heterocycles. The van der Waals surface area contributed by atoms with Crippen LogP contribution < -0.4 is 10.1 Å². The van der Waals surface area contributed by atoms with Crippen LogP contribution >= 0.6 is 0 Å². The number of benzene rings is 2. The van der Waals surface area contributed by atoms with E-state index in [0.29, 0.717) is 37.5 Å². The molecule has 0 fully saturated rings. The molecule has 0 heterocycles. The van der Waals surface area contributed by atoms with Crippen LogP contribution in [0.1, 0.15) is 108 Å². The van der Waals surface area contributed by atoms with Crippen LogP contribution in [0, 0.1) is 6.92 Å². The molecule has 7 nitrogen and oxygen atoms in total. The molecule has 0 aliphatic carbocycles. The maximum atomic E-state index is 12.8. The molecule has 1 N–H and O–H groups in total. The Hall–Kier alpha value is -3.48. The Morgan fingerprint density at radius 2 is 1.48 bits per heavy atom. The molecule has 0 aliphatic rings. The molecular weight excluding hydrogens is 530 g/mol. The average Bonchev–Trinajstić information content (AvgIpc) is 2.96. The number of ether oxygens (including phenoxy) is 4. The third kappa shape index (κ3) is 10.1. The van der Waals surface area contributed by atoms with Gasteiger partial charge >= 0.3 is 11.9 Å². The first-order valence-electron chi connectivity index (χ1n) is 15.2. The van der Waals surface area contributed by atoms with Crippen molar-refractivity contribution in [3.05, 3.63) is 70.6 Å². The smallest absolute Gasteiger partial charge is 0.338 e. The summed E-state index contributed by atoms with van der Waals surface area (Å²) in [5.41, 5.74) is 4.62. The Kier molecular flexibility index (Phi) is 13.4. The van der Waals surface area contributed by atoms with Gasteiger partial charge in [-0.05, 0) is 86.6 Å². The molecular formula is C35H51NO6. The van der Waals surface area contributed by atoms with Crippen LogP contribution in [-0.4, -0.2) is 38.4 Å². The van der Waals surface area contributed by atoms with E-state index in [2.05, 4.69) is 65.1 Å². The van der Waals surface area contributed by atoms with Gasteiger partial charge in [0.1, 0.15) is 5.75 Å². The number of aryl methyl sites for hydroxylation is 1. The van der Waals surface area contributed by atoms with E-state index in [1.54, 1.807) is 19.1 Å². The predicted molar refractivity (Wildman–Crippen MR) is 169 cm³/mol. The molecule has 7 heteroatoms. The van der Waals surface area contributed by atoms with Gasteiger partial charge in [-0.1, -0.05) is 59.7 Å². The number of carbonyl (C=O) groups excluding carboxylic acids is 2. The zero-order valence-corrected chi connectivity index (χ0v) is 27.1. The van der Waals surface area contributed by atoms with E-state index >= 15 is 0 Å². The van der Waals surface area contributed by atoms with Gasteiger partial charge in [0.25, 0.3) is 0 Å². The van der Waals surface area contributed by atoms with Crippen molar-refractivity contribution in [1.82, 2.24) is 0 Å². The third-order valence-electron chi connectivity index (χ3n) is 7.85. The molecule has 2 aromatic carbocycles. The van der Waals surface area contributed by atoms with Crippen molar-refractivity contribution in [1.29, 1.82) is 0 Å². The fraction of sp³-hybridized carbons (Fsp3) is 0.543. The number of hydrogen-bond acceptors (Lipinski definition) is 7. The van der Waals surface area contributed by atoms with Gasteiger partial charge in [-0.15, -0.1) is 0 Å². The van der Waals surface area contributed by atoms with Crippen molar-refractivity contribution in [3.63, 3.8) is 0 Å². The number of hydrogen-bond donors (Lipinski definition) is 1. The summed E-state index contributed by atoms with van der Waals surface area (Å²) in [5.74, 6) is 0.261. The highest BCUT2D eigenvalue weighted by molar-refractivity contribution is 5.91. The van der Waals surface area contributed by atoms with Crippen LogP contribution in [0.5, 0.6) is 5.75 Å². The second-order valence-corrected chi connectivity index (χ2v) is 11.7. The summed E-state index contributed by atoms with van der Waals surface area (Å²) in [5, 5.41) is 3.08. The van der Waals surface area contributed by atoms with Gasteiger partial charge in [-0.2, -0.15) is 0 Å². The fourth-order valence-corrected chi connectivity index (χ4v) is 4.21. The lowest BCUT2D eigenvalue weighted by molar-refractivity contribution is -0.137. The largest absolute Gasteiger partial charge is 0.493 e. The standard InChI is InChI=1S/C35H51NO6/c1-10-34(6,7)27-18-19-30(28(23-27)35(8,9)11-2)41-20-14-15-21-42-33(38)26-17-16-25(5)29(22-26)36-31(39-12-3)24-32(37)40-13-4/h16-19,22-24,36H,10-15,20-21H2,1-9H3/b31-24-. The molecule has 2 rings (SSSR count). The van der Waals surface area contributed by atoms with Crippen LogP contribution in [0.2, 0.25) is 0 Å². The lowest BCUT2D eigenvalue weighted by Gasteiger charge is -2.30. The van der Waals surface area contributed by atoms with Crippen molar-refractivity contribution < 1.29 is 28.5 Å². The van der Waals surface area contributed by atoms with Gasteiger partial charge in [-0.25, -0.2) is 9.59 Å². The first-order valence-corrected chi connectivity index (χ1v) is 15.2. The zero-order valence-electron chi connectivity index (χ0n) is 27.1. The van der Waals surface area contributed by atoms with Crippen LogP contribution in [0.15, 0.2) is 48.4 Å². The highest BCUT2D eigenvalue weighted by Gasteiger charge is 2.26. The molecule has 0 spiro atoms. The molecule has 0 aromatic heterocycles. The summed E-state index contributed by atoms with van der Waals surface area (Å²) in [6.07, 6.45) is 4.79. The topological polar surface area (TPSA) is 83.1 Å². The molecule has 0 saturated carbocycles. The van der Waals surface area contributed by atoms with Gasteiger partial charge in [0.2, 0.25) is 0 Å². The van der Waals surface area contributed by atoms with Gasteiger partial charge < -0.3 is 24.3 Å². The molecule has 0 amide bonds. The molecule has 0 unspecified atom stereocenters. The van der Waals surface area contributed by atoms with Crippen LogP contribution in [0.25, 0.3) is 0 Å². The van der Waals surface area contributed by atoms with Crippen LogP contribution in [0.3, 0.4) is 0 Å². The van der Waals surface area contributed by atoms with Crippen LogP contribution in [0.4, 0.5) is 5.69 Å². The minimum absolute atomic E-state index is 0.00444. The van der Waals surface area contributed by atoms with Gasteiger partial charge in [0.15, 0.2) is 5.88 Å². The Morgan fingerprint density at radius 1 is 0.810 bits per heavy atom. The molecule has 0 atom stereocenters. The summed E-state index contributed by atoms with van der Waals surface area (Å²) in [6, 6.07) is 11.9. The second kappa shape index (κ2) is 16.2. The second-order valence-electron chi connectivity index (χ2n) is 11.7. The summed E-state index contributed by atoms with van der Waals surface area (Å²) in [4.78, 5) is 24.6. The maximum Gasteiger partial charge on any atom is 0.338 e. The predicted octanol–water partition coefficient (Wildman–Crippen LogP) is 8.24. The number of carbonyl (C=O) groups is 2.